The van der Waals surface area contributed by atoms with Gasteiger partial charge in [0, 0.05) is 38.0 Å². The number of carbonyl (C=O) groups excluding carboxylic acids is 2. The van der Waals surface area contributed by atoms with E-state index in [9.17, 15) is 14.7 Å². The van der Waals surface area contributed by atoms with Crippen molar-refractivity contribution in [3.63, 3.8) is 0 Å². The predicted octanol–water partition coefficient (Wildman–Crippen LogP) is 16.9. The molecule has 0 amide bonds. The third kappa shape index (κ3) is 34.7. The molecule has 0 radical (unpaired) electrons. The van der Waals surface area contributed by atoms with Gasteiger partial charge in [0.15, 0.2) is 0 Å². The van der Waals surface area contributed by atoms with Crippen molar-refractivity contribution in [2.45, 2.75) is 322 Å². The Kier molecular flexibility index (Phi) is 41.4. The molecule has 7 heteroatoms. The van der Waals surface area contributed by atoms with Crippen molar-refractivity contribution in [2.75, 3.05) is 39.4 Å². The number of nitrogens with zero attached hydrogens (tertiary/aromatic N) is 2. The number of hydrogen-bond acceptors (Lipinski definition) is 7. The number of unbranched alkanes of at least 4 members (excludes halogenated alkanes) is 24. The van der Waals surface area contributed by atoms with Gasteiger partial charge in [-0.2, -0.15) is 0 Å². The van der Waals surface area contributed by atoms with E-state index < -0.39 is 0 Å². The van der Waals surface area contributed by atoms with Crippen molar-refractivity contribution < 1.29 is 24.2 Å². The smallest absolute Gasteiger partial charge is 0.305 e. The highest BCUT2D eigenvalue weighted by Gasteiger charge is 2.28. The first kappa shape index (κ1) is 61.9. The fraction of sp³-hybridized carbons (Fsp3) is 0.967. The van der Waals surface area contributed by atoms with Gasteiger partial charge in [-0.1, -0.05) is 201 Å². The number of esters is 2. The first-order valence-electron chi connectivity index (χ1n) is 30.4. The summed E-state index contributed by atoms with van der Waals surface area (Å²) >= 11 is 0. The summed E-state index contributed by atoms with van der Waals surface area (Å²) in [6.45, 7) is 14.8. The zero-order chi connectivity index (χ0) is 48.3. The molecule has 2 rings (SSSR count). The number of hydrogen-bond donors (Lipinski definition) is 1. The van der Waals surface area contributed by atoms with Gasteiger partial charge in [0.2, 0.25) is 0 Å². The van der Waals surface area contributed by atoms with Crippen LogP contribution in [0.4, 0.5) is 0 Å². The molecule has 7 nitrogen and oxygen atoms in total. The molecule has 0 saturated heterocycles. The molecule has 2 fully saturated rings. The Hall–Kier alpha value is -1.18. The number of carbonyl (C=O) groups is 2. The van der Waals surface area contributed by atoms with Crippen molar-refractivity contribution in [3.8, 4) is 0 Å². The van der Waals surface area contributed by atoms with Crippen LogP contribution in [0.5, 0.6) is 0 Å². The minimum atomic E-state index is -0.138. The number of ether oxygens (including phenoxy) is 2. The second kappa shape index (κ2) is 44.7. The molecule has 1 N–H and O–H groups in total. The Balaban J connectivity index is 1.75. The van der Waals surface area contributed by atoms with E-state index in [1.807, 2.05) is 0 Å². The molecule has 2 saturated carbocycles. The Morgan fingerprint density at radius 1 is 0.403 bits per heavy atom. The van der Waals surface area contributed by atoms with Crippen LogP contribution in [-0.4, -0.2) is 84.4 Å². The van der Waals surface area contributed by atoms with Gasteiger partial charge in [0.25, 0.3) is 0 Å². The van der Waals surface area contributed by atoms with Crippen LogP contribution in [0.2, 0.25) is 0 Å². The maximum atomic E-state index is 13.0. The normalized spacial score (nSPS) is 16.7. The van der Waals surface area contributed by atoms with E-state index in [1.54, 1.807) is 0 Å². The van der Waals surface area contributed by atoms with E-state index in [0.717, 1.165) is 90.4 Å². The lowest BCUT2D eigenvalue weighted by Crippen LogP contribution is -2.47. The highest BCUT2D eigenvalue weighted by Crippen LogP contribution is 2.28. The Bertz CT molecular complexity index is 1060. The molecule has 0 bridgehead atoms. The fourth-order valence-corrected chi connectivity index (χ4v) is 10.9. The monoisotopic (exact) mass is 945 g/mol. The molecule has 0 aromatic carbocycles. The summed E-state index contributed by atoms with van der Waals surface area (Å²) in [5.41, 5.74) is 0. The van der Waals surface area contributed by atoms with Gasteiger partial charge in [-0.3, -0.25) is 19.4 Å². The third-order valence-electron chi connectivity index (χ3n) is 15.9. The van der Waals surface area contributed by atoms with Gasteiger partial charge in [-0.25, -0.2) is 0 Å². The number of rotatable bonds is 49. The van der Waals surface area contributed by atoms with Crippen LogP contribution >= 0.6 is 0 Å². The molecule has 0 atom stereocenters. The summed E-state index contributed by atoms with van der Waals surface area (Å²) < 4.78 is 11.9. The average Bonchev–Trinajstić information content (AvgIpc) is 3.31. The zero-order valence-corrected chi connectivity index (χ0v) is 45.5. The lowest BCUT2D eigenvalue weighted by molar-refractivity contribution is -0.146. The van der Waals surface area contributed by atoms with Crippen LogP contribution in [-0.2, 0) is 19.1 Å². The van der Waals surface area contributed by atoms with Crippen LogP contribution < -0.4 is 0 Å². The average molecular weight is 946 g/mol. The highest BCUT2D eigenvalue weighted by atomic mass is 16.5. The lowest BCUT2D eigenvalue weighted by atomic mass is 9.90. The van der Waals surface area contributed by atoms with Gasteiger partial charge in [-0.05, 0) is 115 Å². The first-order chi connectivity index (χ1) is 32.9. The van der Waals surface area contributed by atoms with E-state index in [4.69, 9.17) is 9.47 Å². The molecule has 0 aromatic heterocycles. The zero-order valence-electron chi connectivity index (χ0n) is 45.5. The summed E-state index contributed by atoms with van der Waals surface area (Å²) in [4.78, 5) is 31.4. The lowest BCUT2D eigenvalue weighted by Gasteiger charge is -2.41. The van der Waals surface area contributed by atoms with E-state index in [1.165, 1.54) is 199 Å². The summed E-state index contributed by atoms with van der Waals surface area (Å²) in [7, 11) is 0. The van der Waals surface area contributed by atoms with Gasteiger partial charge < -0.3 is 14.6 Å². The van der Waals surface area contributed by atoms with Crippen LogP contribution in [0.1, 0.15) is 304 Å². The number of aliphatic hydroxyl groups excluding tert-OH is 1. The van der Waals surface area contributed by atoms with Gasteiger partial charge in [0.1, 0.15) is 0 Å². The van der Waals surface area contributed by atoms with Crippen molar-refractivity contribution >= 4 is 11.9 Å². The molecule has 0 spiro atoms. The minimum absolute atomic E-state index is 0.00768. The Labute approximate surface area is 417 Å². The fourth-order valence-electron chi connectivity index (χ4n) is 10.9. The molecule has 396 valence electrons. The molecule has 0 aliphatic heterocycles. The Morgan fingerprint density at radius 2 is 0.716 bits per heavy atom. The van der Waals surface area contributed by atoms with Crippen molar-refractivity contribution in [2.24, 2.45) is 11.8 Å². The van der Waals surface area contributed by atoms with Crippen molar-refractivity contribution in [1.29, 1.82) is 0 Å². The van der Waals surface area contributed by atoms with Crippen molar-refractivity contribution in [1.82, 2.24) is 9.80 Å². The van der Waals surface area contributed by atoms with E-state index in [2.05, 4.69) is 37.5 Å². The van der Waals surface area contributed by atoms with E-state index in [0.29, 0.717) is 50.0 Å². The van der Waals surface area contributed by atoms with Gasteiger partial charge in [-0.15, -0.1) is 0 Å². The quantitative estimate of drug-likeness (QED) is 0.0481. The van der Waals surface area contributed by atoms with Crippen LogP contribution in [0.25, 0.3) is 0 Å². The maximum Gasteiger partial charge on any atom is 0.305 e. The molecule has 0 aromatic rings. The predicted molar refractivity (Wildman–Crippen MR) is 287 cm³/mol. The number of aliphatic hydroxyl groups is 1. The topological polar surface area (TPSA) is 79.3 Å². The van der Waals surface area contributed by atoms with Crippen LogP contribution in [0.15, 0.2) is 0 Å². The molecular formula is C60H116N2O5. The SMILES string of the molecule is CCCCCCCCC(CCCCCCCC)COC(=O)CCCCCN(CCN(CCCCCC(=O)OCC(CCCCCCCC)CCCCCCCC)C1CCC(O)CC1)C1CCC1. The van der Waals surface area contributed by atoms with Crippen LogP contribution in [0.3, 0.4) is 0 Å². The second-order valence-electron chi connectivity index (χ2n) is 22.1. The summed E-state index contributed by atoms with van der Waals surface area (Å²) in [5, 5.41) is 10.3. The van der Waals surface area contributed by atoms with E-state index in [-0.39, 0.29) is 18.0 Å². The summed E-state index contributed by atoms with van der Waals surface area (Å²) in [5.74, 6) is 1.08. The molecule has 0 unspecified atom stereocenters. The largest absolute Gasteiger partial charge is 0.465 e. The second-order valence-corrected chi connectivity index (χ2v) is 22.1. The van der Waals surface area contributed by atoms with Crippen LogP contribution in [0, 0.1) is 11.8 Å². The molecular weight excluding hydrogens is 829 g/mol. The summed E-state index contributed by atoms with van der Waals surface area (Å²) in [6, 6.07) is 1.26. The molecule has 2 aliphatic rings. The Morgan fingerprint density at radius 3 is 1.04 bits per heavy atom. The molecule has 67 heavy (non-hydrogen) atoms. The van der Waals surface area contributed by atoms with Gasteiger partial charge >= 0.3 is 11.9 Å². The maximum absolute atomic E-state index is 13.0. The first-order valence-corrected chi connectivity index (χ1v) is 30.4. The standard InChI is InChI=1S/C60H116N2O5/c1-5-9-13-17-21-27-36-54(37-28-22-18-14-10-6-2)52-66-59(64)42-31-25-33-48-61(56-40-35-41-56)50-51-62(57-44-46-58(63)47-45-57)49-34-26-32-43-60(65)67-53-55(38-29-23-19-15-11-7-3)39-30-24-20-16-12-8-4/h54-58,63H,5-53H2,1-4H3. The van der Waals surface area contributed by atoms with Gasteiger partial charge in [0.05, 0.1) is 19.3 Å². The third-order valence-corrected chi connectivity index (χ3v) is 15.9. The van der Waals surface area contributed by atoms with Crippen molar-refractivity contribution in [3.05, 3.63) is 0 Å². The minimum Gasteiger partial charge on any atom is -0.465 e. The summed E-state index contributed by atoms with van der Waals surface area (Å²) in [6.07, 6.45) is 51.8. The molecule has 0 heterocycles. The van der Waals surface area contributed by atoms with E-state index >= 15 is 0 Å². The molecule has 2 aliphatic carbocycles. The highest BCUT2D eigenvalue weighted by molar-refractivity contribution is 5.69.